The summed E-state index contributed by atoms with van der Waals surface area (Å²) in [6, 6.07) is 2.53. The van der Waals surface area contributed by atoms with Gasteiger partial charge in [-0.15, -0.1) is 0 Å². The maximum atomic E-state index is 13.3. The van der Waals surface area contributed by atoms with E-state index < -0.39 is 48.2 Å². The summed E-state index contributed by atoms with van der Waals surface area (Å²) in [7, 11) is 1.12. The Hall–Kier alpha value is -2.51. The second-order valence-corrected chi connectivity index (χ2v) is 5.95. The van der Waals surface area contributed by atoms with Crippen LogP contribution in [0.5, 0.6) is 0 Å². The Morgan fingerprint density at radius 2 is 1.62 bits per heavy atom. The van der Waals surface area contributed by atoms with E-state index >= 15 is 0 Å². The van der Waals surface area contributed by atoms with Crippen molar-refractivity contribution in [2.45, 2.75) is 26.4 Å². The quantitative estimate of drug-likeness (QED) is 0.764. The number of hydrogen-bond acceptors (Lipinski definition) is 5. The van der Waals surface area contributed by atoms with Crippen LogP contribution >= 0.6 is 0 Å². The van der Waals surface area contributed by atoms with Gasteiger partial charge in [-0.25, -0.2) is 8.78 Å². The van der Waals surface area contributed by atoms with Crippen LogP contribution in [0.15, 0.2) is 18.2 Å². The Morgan fingerprint density at radius 3 is 2.12 bits per heavy atom. The molecule has 0 atom stereocenters. The molecule has 1 amide bonds. The van der Waals surface area contributed by atoms with Crippen molar-refractivity contribution >= 4 is 17.8 Å². The minimum absolute atomic E-state index is 0.207. The van der Waals surface area contributed by atoms with Gasteiger partial charge in [-0.1, -0.05) is 0 Å². The Morgan fingerprint density at radius 1 is 1.04 bits per heavy atom. The van der Waals surface area contributed by atoms with Crippen molar-refractivity contribution in [2.75, 3.05) is 20.2 Å². The topological polar surface area (TPSA) is 72.9 Å². The molecule has 0 fully saturated rings. The zero-order chi connectivity index (χ0) is 18.5. The number of nitrogens with zero attached hydrogens (tertiary/aromatic N) is 1. The van der Waals surface area contributed by atoms with Gasteiger partial charge in [0, 0.05) is 5.56 Å². The van der Waals surface area contributed by atoms with E-state index in [1.54, 1.807) is 20.8 Å². The van der Waals surface area contributed by atoms with Crippen molar-refractivity contribution in [1.29, 1.82) is 0 Å². The number of halogens is 2. The molecule has 1 aromatic rings. The number of rotatable bonds is 5. The molecular formula is C16H19F2NO5. The summed E-state index contributed by atoms with van der Waals surface area (Å²) in [5, 5.41) is 0. The lowest BCUT2D eigenvalue weighted by molar-refractivity contribution is -0.156. The third kappa shape index (κ3) is 5.94. The van der Waals surface area contributed by atoms with Gasteiger partial charge in [-0.3, -0.25) is 14.4 Å². The van der Waals surface area contributed by atoms with Crippen LogP contribution < -0.4 is 0 Å². The fourth-order valence-electron chi connectivity index (χ4n) is 1.76. The monoisotopic (exact) mass is 343 g/mol. The lowest BCUT2D eigenvalue weighted by atomic mass is 10.2. The molecule has 132 valence electrons. The zero-order valence-corrected chi connectivity index (χ0v) is 13.9. The van der Waals surface area contributed by atoms with Gasteiger partial charge in [-0.2, -0.15) is 0 Å². The van der Waals surface area contributed by atoms with Crippen molar-refractivity contribution < 1.29 is 32.6 Å². The van der Waals surface area contributed by atoms with E-state index in [1.807, 2.05) is 0 Å². The summed E-state index contributed by atoms with van der Waals surface area (Å²) in [4.78, 5) is 36.6. The lowest BCUT2D eigenvalue weighted by Gasteiger charge is -2.24. The van der Waals surface area contributed by atoms with Crippen molar-refractivity contribution in [3.05, 3.63) is 35.4 Å². The molecule has 0 heterocycles. The average Bonchev–Trinajstić information content (AvgIpc) is 2.46. The molecule has 0 aliphatic carbocycles. The van der Waals surface area contributed by atoms with Crippen LogP contribution in [0, 0.1) is 11.6 Å². The number of benzene rings is 1. The summed E-state index contributed by atoms with van der Waals surface area (Å²) in [5.41, 5.74) is -0.986. The smallest absolute Gasteiger partial charge is 0.326 e. The molecule has 1 aromatic carbocycles. The molecule has 0 saturated carbocycles. The molecule has 8 heteroatoms. The largest absolute Gasteiger partial charge is 0.468 e. The molecule has 0 aromatic heterocycles. The normalized spacial score (nSPS) is 10.9. The second-order valence-electron chi connectivity index (χ2n) is 5.95. The molecular weight excluding hydrogens is 324 g/mol. The van der Waals surface area contributed by atoms with Crippen LogP contribution in [0.2, 0.25) is 0 Å². The SMILES string of the molecule is COC(=O)CN(CC(=O)OC(C)(C)C)C(=O)c1ccc(F)c(F)c1. The fourth-order valence-corrected chi connectivity index (χ4v) is 1.76. The standard InChI is InChI=1S/C16H19F2NO5/c1-16(2,3)24-14(21)9-19(8-13(20)23-4)15(22)10-5-6-11(17)12(18)7-10/h5-7H,8-9H2,1-4H3. The van der Waals surface area contributed by atoms with Crippen molar-refractivity contribution in [1.82, 2.24) is 4.90 Å². The van der Waals surface area contributed by atoms with Crippen LogP contribution in [0.4, 0.5) is 8.78 Å². The minimum atomic E-state index is -1.21. The van der Waals surface area contributed by atoms with Gasteiger partial charge in [0.05, 0.1) is 7.11 Å². The van der Waals surface area contributed by atoms with Gasteiger partial charge in [0.25, 0.3) is 5.91 Å². The zero-order valence-electron chi connectivity index (χ0n) is 13.9. The fraction of sp³-hybridized carbons (Fsp3) is 0.438. The molecule has 0 aliphatic rings. The molecule has 0 aliphatic heterocycles. The number of esters is 2. The van der Waals surface area contributed by atoms with Crippen LogP contribution in [0.25, 0.3) is 0 Å². The van der Waals surface area contributed by atoms with E-state index in [2.05, 4.69) is 4.74 Å². The Kier molecular flexibility index (Phi) is 6.39. The highest BCUT2D eigenvalue weighted by atomic mass is 19.2. The first kappa shape index (κ1) is 19.5. The van der Waals surface area contributed by atoms with E-state index in [9.17, 15) is 23.2 Å². The number of carbonyl (C=O) groups is 3. The highest BCUT2D eigenvalue weighted by molar-refractivity contribution is 5.97. The number of amides is 1. The van der Waals surface area contributed by atoms with E-state index in [4.69, 9.17) is 4.74 Å². The van der Waals surface area contributed by atoms with Crippen molar-refractivity contribution in [3.63, 3.8) is 0 Å². The third-order valence-electron chi connectivity index (χ3n) is 2.74. The maximum Gasteiger partial charge on any atom is 0.326 e. The molecule has 0 bridgehead atoms. The summed E-state index contributed by atoms with van der Waals surface area (Å²) >= 11 is 0. The van der Waals surface area contributed by atoms with Gasteiger partial charge in [-0.05, 0) is 39.0 Å². The summed E-state index contributed by atoms with van der Waals surface area (Å²) < 4.78 is 35.8. The van der Waals surface area contributed by atoms with E-state index in [-0.39, 0.29) is 5.56 Å². The van der Waals surface area contributed by atoms with Crippen LogP contribution in [0.1, 0.15) is 31.1 Å². The lowest BCUT2D eigenvalue weighted by Crippen LogP contribution is -2.42. The molecule has 24 heavy (non-hydrogen) atoms. The van der Waals surface area contributed by atoms with Gasteiger partial charge in [0.2, 0.25) is 0 Å². The summed E-state index contributed by atoms with van der Waals surface area (Å²) in [6.45, 7) is 3.87. The van der Waals surface area contributed by atoms with E-state index in [0.29, 0.717) is 6.07 Å². The summed E-state index contributed by atoms with van der Waals surface area (Å²) in [6.07, 6.45) is 0. The molecule has 0 saturated heterocycles. The molecule has 0 unspecified atom stereocenters. The Bertz CT molecular complexity index is 640. The Balaban J connectivity index is 2.99. The minimum Gasteiger partial charge on any atom is -0.468 e. The number of methoxy groups -OCH3 is 1. The van der Waals surface area contributed by atoms with Crippen LogP contribution in [-0.2, 0) is 19.1 Å². The average molecular weight is 343 g/mol. The van der Waals surface area contributed by atoms with Crippen molar-refractivity contribution in [2.24, 2.45) is 0 Å². The first-order valence-electron chi connectivity index (χ1n) is 7.06. The van der Waals surface area contributed by atoms with E-state index in [1.165, 1.54) is 0 Å². The highest BCUT2D eigenvalue weighted by Crippen LogP contribution is 2.13. The maximum absolute atomic E-state index is 13.3. The van der Waals surface area contributed by atoms with Gasteiger partial charge in [0.1, 0.15) is 18.7 Å². The third-order valence-corrected chi connectivity index (χ3v) is 2.74. The van der Waals surface area contributed by atoms with Gasteiger partial charge in [0.15, 0.2) is 11.6 Å². The molecule has 0 N–H and O–H groups in total. The van der Waals surface area contributed by atoms with E-state index in [0.717, 1.165) is 24.1 Å². The molecule has 6 nitrogen and oxygen atoms in total. The number of hydrogen-bond donors (Lipinski definition) is 0. The molecule has 1 rings (SSSR count). The first-order chi connectivity index (χ1) is 11.0. The highest BCUT2D eigenvalue weighted by Gasteiger charge is 2.25. The Labute approximate surface area is 138 Å². The number of carbonyl (C=O) groups excluding carboxylic acids is 3. The van der Waals surface area contributed by atoms with Crippen LogP contribution in [0.3, 0.4) is 0 Å². The molecule has 0 radical (unpaired) electrons. The summed E-state index contributed by atoms with van der Waals surface area (Å²) in [5.74, 6) is -4.67. The first-order valence-corrected chi connectivity index (χ1v) is 7.06. The van der Waals surface area contributed by atoms with Crippen LogP contribution in [-0.4, -0.2) is 48.5 Å². The molecule has 0 spiro atoms. The van der Waals surface area contributed by atoms with Gasteiger partial charge >= 0.3 is 11.9 Å². The number of ether oxygens (including phenoxy) is 2. The van der Waals surface area contributed by atoms with Gasteiger partial charge < -0.3 is 14.4 Å². The predicted molar refractivity (Wildman–Crippen MR) is 80.1 cm³/mol. The predicted octanol–water partition coefficient (Wildman–Crippen LogP) is 1.92. The van der Waals surface area contributed by atoms with Crippen molar-refractivity contribution in [3.8, 4) is 0 Å². The second kappa shape index (κ2) is 7.85.